The van der Waals surface area contributed by atoms with Gasteiger partial charge in [0.05, 0.1) is 7.11 Å². The van der Waals surface area contributed by atoms with Crippen molar-refractivity contribution in [2.24, 2.45) is 0 Å². The van der Waals surface area contributed by atoms with E-state index in [0.717, 1.165) is 12.8 Å². The van der Waals surface area contributed by atoms with Gasteiger partial charge in [-0.15, -0.1) is 5.48 Å². The lowest BCUT2D eigenvalue weighted by molar-refractivity contribution is 0.0769. The maximum Gasteiger partial charge on any atom is 0.440 e. The van der Waals surface area contributed by atoms with Crippen LogP contribution < -0.4 is 10.4 Å². The van der Waals surface area contributed by atoms with Crippen LogP contribution in [0.25, 0.3) is 0 Å². The first kappa shape index (κ1) is 14.8. The summed E-state index contributed by atoms with van der Waals surface area (Å²) in [4.78, 5) is 28.9. The van der Waals surface area contributed by atoms with Gasteiger partial charge in [0.2, 0.25) is 0 Å². The monoisotopic (exact) mass is 266 g/mol. The summed E-state index contributed by atoms with van der Waals surface area (Å²) < 4.78 is 4.32. The maximum atomic E-state index is 11.9. The molecule has 1 rings (SSSR count). The number of hydrogen-bond acceptors (Lipinski definition) is 4. The SMILES string of the molecule is CCCCN(C(=O)ONC(=O)OC)c1ccccc1. The van der Waals surface area contributed by atoms with Crippen molar-refractivity contribution >= 4 is 17.9 Å². The van der Waals surface area contributed by atoms with Crippen LogP contribution in [0.4, 0.5) is 15.3 Å². The van der Waals surface area contributed by atoms with E-state index in [1.807, 2.05) is 30.6 Å². The standard InChI is InChI=1S/C13H18N2O4/c1-3-4-10-15(11-8-6-5-7-9-11)13(17)19-14-12(16)18-2/h5-9H,3-4,10H2,1-2H3,(H,14,16). The van der Waals surface area contributed by atoms with Crippen molar-refractivity contribution < 1.29 is 19.2 Å². The van der Waals surface area contributed by atoms with Gasteiger partial charge in [-0.05, 0) is 18.6 Å². The van der Waals surface area contributed by atoms with Crippen LogP contribution in [-0.4, -0.2) is 25.8 Å². The van der Waals surface area contributed by atoms with E-state index in [9.17, 15) is 9.59 Å². The predicted octanol–water partition coefficient (Wildman–Crippen LogP) is 2.70. The van der Waals surface area contributed by atoms with Gasteiger partial charge in [0.1, 0.15) is 0 Å². The van der Waals surface area contributed by atoms with Gasteiger partial charge in [-0.1, -0.05) is 31.5 Å². The number of ether oxygens (including phenoxy) is 1. The topological polar surface area (TPSA) is 67.9 Å². The molecule has 0 bridgehead atoms. The third-order valence-corrected chi connectivity index (χ3v) is 2.43. The molecule has 0 aromatic heterocycles. The summed E-state index contributed by atoms with van der Waals surface area (Å²) in [6.45, 7) is 2.55. The predicted molar refractivity (Wildman–Crippen MR) is 70.7 cm³/mol. The van der Waals surface area contributed by atoms with Crippen LogP contribution in [0.5, 0.6) is 0 Å². The zero-order valence-electron chi connectivity index (χ0n) is 11.1. The van der Waals surface area contributed by atoms with Crippen LogP contribution in [0.1, 0.15) is 19.8 Å². The number of hydroxylamine groups is 1. The molecule has 0 saturated carbocycles. The third-order valence-electron chi connectivity index (χ3n) is 2.43. The fourth-order valence-corrected chi connectivity index (χ4v) is 1.43. The molecule has 0 heterocycles. The molecule has 0 fully saturated rings. The number of rotatable bonds is 4. The number of anilines is 1. The average Bonchev–Trinajstić information content (AvgIpc) is 2.46. The number of nitrogens with zero attached hydrogens (tertiary/aromatic N) is 1. The molecular formula is C13H18N2O4. The van der Waals surface area contributed by atoms with E-state index in [1.54, 1.807) is 12.1 Å². The van der Waals surface area contributed by atoms with Gasteiger partial charge < -0.3 is 9.57 Å². The number of hydrogen-bond donors (Lipinski definition) is 1. The summed E-state index contributed by atoms with van der Waals surface area (Å²) >= 11 is 0. The van der Waals surface area contributed by atoms with Gasteiger partial charge in [0.15, 0.2) is 0 Å². The maximum absolute atomic E-state index is 11.9. The number of carbonyl (C=O) groups excluding carboxylic acids is 2. The highest BCUT2D eigenvalue weighted by molar-refractivity contribution is 5.88. The average molecular weight is 266 g/mol. The molecule has 0 radical (unpaired) electrons. The van der Waals surface area contributed by atoms with E-state index in [2.05, 4.69) is 9.57 Å². The molecule has 1 N–H and O–H groups in total. The molecule has 104 valence electrons. The van der Waals surface area contributed by atoms with Gasteiger partial charge in [-0.25, -0.2) is 9.59 Å². The zero-order valence-corrected chi connectivity index (χ0v) is 11.1. The Labute approximate surface area is 112 Å². The van der Waals surface area contributed by atoms with Crippen LogP contribution >= 0.6 is 0 Å². The molecule has 6 heteroatoms. The highest BCUT2D eigenvalue weighted by Crippen LogP contribution is 2.15. The van der Waals surface area contributed by atoms with E-state index < -0.39 is 12.2 Å². The molecule has 0 spiro atoms. The van der Waals surface area contributed by atoms with Crippen molar-refractivity contribution in [2.45, 2.75) is 19.8 Å². The Hall–Kier alpha value is -2.24. The molecule has 0 aliphatic rings. The quantitative estimate of drug-likeness (QED) is 0.851. The van der Waals surface area contributed by atoms with Crippen LogP contribution in [0.2, 0.25) is 0 Å². The smallest absolute Gasteiger partial charge is 0.440 e. The van der Waals surface area contributed by atoms with Gasteiger partial charge >= 0.3 is 12.2 Å². The van der Waals surface area contributed by atoms with Crippen molar-refractivity contribution in [3.63, 3.8) is 0 Å². The van der Waals surface area contributed by atoms with Gasteiger partial charge in [0, 0.05) is 12.2 Å². The van der Waals surface area contributed by atoms with Crippen molar-refractivity contribution in [1.82, 2.24) is 5.48 Å². The largest absolute Gasteiger partial charge is 0.451 e. The molecule has 19 heavy (non-hydrogen) atoms. The lowest BCUT2D eigenvalue weighted by Crippen LogP contribution is -2.38. The fourth-order valence-electron chi connectivity index (χ4n) is 1.43. The molecule has 0 unspecified atom stereocenters. The number of methoxy groups -OCH3 is 1. The molecule has 0 saturated heterocycles. The number of benzene rings is 1. The molecule has 1 aromatic carbocycles. The summed E-state index contributed by atoms with van der Waals surface area (Å²) in [5, 5.41) is 0. The number of para-hydroxylation sites is 1. The Balaban J connectivity index is 2.68. The number of nitrogens with one attached hydrogen (secondary N) is 1. The minimum Gasteiger partial charge on any atom is -0.451 e. The molecule has 0 aliphatic carbocycles. The van der Waals surface area contributed by atoms with E-state index in [-0.39, 0.29) is 0 Å². The number of unbranched alkanes of at least 4 members (excludes halogenated alkanes) is 1. The lowest BCUT2D eigenvalue weighted by atomic mass is 10.2. The van der Waals surface area contributed by atoms with Crippen LogP contribution in [0.15, 0.2) is 30.3 Å². The van der Waals surface area contributed by atoms with Gasteiger partial charge in [-0.3, -0.25) is 4.90 Å². The minimum absolute atomic E-state index is 0.516. The Morgan fingerprint density at radius 1 is 1.26 bits per heavy atom. The minimum atomic E-state index is -0.822. The van der Waals surface area contributed by atoms with Crippen LogP contribution in [0, 0.1) is 0 Å². The lowest BCUT2D eigenvalue weighted by Gasteiger charge is -2.21. The summed E-state index contributed by atoms with van der Waals surface area (Å²) in [5.41, 5.74) is 2.62. The number of carbonyl (C=O) groups is 2. The summed E-state index contributed by atoms with van der Waals surface area (Å²) in [6.07, 6.45) is 0.311. The first-order valence-corrected chi connectivity index (χ1v) is 6.06. The Bertz CT molecular complexity index is 408. The van der Waals surface area contributed by atoms with Crippen molar-refractivity contribution in [1.29, 1.82) is 0 Å². The molecule has 2 amide bonds. The molecule has 0 atom stereocenters. The van der Waals surface area contributed by atoms with E-state index >= 15 is 0 Å². The van der Waals surface area contributed by atoms with E-state index in [0.29, 0.717) is 12.2 Å². The third kappa shape index (κ3) is 4.87. The normalized spacial score (nSPS) is 9.58. The van der Waals surface area contributed by atoms with Gasteiger partial charge in [0.25, 0.3) is 0 Å². The van der Waals surface area contributed by atoms with Crippen LogP contribution in [0.3, 0.4) is 0 Å². The second kappa shape index (κ2) is 7.97. The van der Waals surface area contributed by atoms with Crippen LogP contribution in [-0.2, 0) is 9.57 Å². The summed E-state index contributed by atoms with van der Waals surface area (Å²) in [7, 11) is 1.19. The highest BCUT2D eigenvalue weighted by atomic mass is 16.7. The Morgan fingerprint density at radius 3 is 2.53 bits per heavy atom. The van der Waals surface area contributed by atoms with Gasteiger partial charge in [-0.2, -0.15) is 0 Å². The summed E-state index contributed by atoms with van der Waals surface area (Å²) in [6, 6.07) is 9.12. The second-order valence-electron chi connectivity index (χ2n) is 3.80. The van der Waals surface area contributed by atoms with Crippen molar-refractivity contribution in [2.75, 3.05) is 18.6 Å². The summed E-state index contributed by atoms with van der Waals surface area (Å²) in [5.74, 6) is 0. The molecule has 1 aromatic rings. The zero-order chi connectivity index (χ0) is 14.1. The molecular weight excluding hydrogens is 248 g/mol. The van der Waals surface area contributed by atoms with Crippen molar-refractivity contribution in [3.8, 4) is 0 Å². The molecule has 0 aliphatic heterocycles. The first-order chi connectivity index (χ1) is 9.19. The van der Waals surface area contributed by atoms with E-state index in [1.165, 1.54) is 12.0 Å². The van der Waals surface area contributed by atoms with E-state index in [4.69, 9.17) is 0 Å². The fraction of sp³-hybridized carbons (Fsp3) is 0.385. The highest BCUT2D eigenvalue weighted by Gasteiger charge is 2.17. The Kier molecular flexibility index (Phi) is 6.21. The Morgan fingerprint density at radius 2 is 1.95 bits per heavy atom. The second-order valence-corrected chi connectivity index (χ2v) is 3.80. The first-order valence-electron chi connectivity index (χ1n) is 6.06. The van der Waals surface area contributed by atoms with Crippen molar-refractivity contribution in [3.05, 3.63) is 30.3 Å². The number of amides is 2. The molecule has 6 nitrogen and oxygen atoms in total.